The molecule has 21 heavy (non-hydrogen) atoms. The van der Waals surface area contributed by atoms with E-state index >= 15 is 0 Å². The fraction of sp³-hybridized carbons (Fsp3) is 0.846. The first-order valence-electron chi connectivity index (χ1n) is 7.04. The Morgan fingerprint density at radius 2 is 1.90 bits per heavy atom. The van der Waals surface area contributed by atoms with Gasteiger partial charge in [0.2, 0.25) is 6.34 Å². The summed E-state index contributed by atoms with van der Waals surface area (Å²) in [6.45, 7) is 5.60. The number of nitrogens with zero attached hydrogens (tertiary/aromatic N) is 2. The van der Waals surface area contributed by atoms with Crippen LogP contribution in [0.15, 0.2) is 0 Å². The van der Waals surface area contributed by atoms with Gasteiger partial charge in [0.05, 0.1) is 12.5 Å². The van der Waals surface area contributed by atoms with Crippen molar-refractivity contribution >= 4 is 21.1 Å². The Kier molecular flexibility index (Phi) is 6.33. The summed E-state index contributed by atoms with van der Waals surface area (Å²) in [5.41, 5.74) is -0.987. The molecule has 8 heteroatoms. The molecule has 1 heterocycles. The van der Waals surface area contributed by atoms with Gasteiger partial charge in [0.1, 0.15) is 18.6 Å². The van der Waals surface area contributed by atoms with Gasteiger partial charge in [0.15, 0.2) is 0 Å². The first kappa shape index (κ1) is 18.1. The van der Waals surface area contributed by atoms with Crippen LogP contribution in [-0.2, 0) is 18.1 Å². The number of carbonyl (C=O) groups is 1. The van der Waals surface area contributed by atoms with Gasteiger partial charge >= 0.3 is 8.80 Å². The summed E-state index contributed by atoms with van der Waals surface area (Å²) < 4.78 is 18.2. The Balaban J connectivity index is 2.53. The van der Waals surface area contributed by atoms with Crippen LogP contribution in [0.2, 0.25) is 6.04 Å². The van der Waals surface area contributed by atoms with E-state index in [1.165, 1.54) is 0 Å². The van der Waals surface area contributed by atoms with E-state index in [0.717, 1.165) is 25.6 Å². The lowest BCUT2D eigenvalue weighted by molar-refractivity contribution is -0.513. The quantitative estimate of drug-likeness (QED) is 0.407. The molecule has 0 radical (unpaired) electrons. The third kappa shape index (κ3) is 4.25. The Morgan fingerprint density at radius 1 is 1.33 bits per heavy atom. The van der Waals surface area contributed by atoms with Crippen molar-refractivity contribution in [2.75, 3.05) is 41.0 Å². The molecule has 0 aliphatic carbocycles. The van der Waals surface area contributed by atoms with Crippen molar-refractivity contribution < 1.29 is 27.8 Å². The molecule has 1 aliphatic rings. The second-order valence-electron chi connectivity index (χ2n) is 5.59. The van der Waals surface area contributed by atoms with Crippen LogP contribution in [0.4, 0.5) is 0 Å². The van der Waals surface area contributed by atoms with Crippen molar-refractivity contribution in [2.24, 2.45) is 0 Å². The highest BCUT2D eigenvalue weighted by molar-refractivity contribution is 6.60. The average Bonchev–Trinajstić information content (AvgIpc) is 2.93. The summed E-state index contributed by atoms with van der Waals surface area (Å²) in [6.07, 6.45) is 2.73. The molecular formula is C13H26N2O5Si. The van der Waals surface area contributed by atoms with Crippen LogP contribution >= 0.6 is 0 Å². The van der Waals surface area contributed by atoms with Crippen molar-refractivity contribution in [1.82, 2.24) is 4.90 Å². The fourth-order valence-electron chi connectivity index (χ4n) is 2.31. The van der Waals surface area contributed by atoms with Gasteiger partial charge in [0, 0.05) is 27.4 Å². The standard InChI is InChI=1S/C13H26N2O5Si/c1-13(2,12(16)17)15-9-8-14(11-15)7-6-10-21(18-3,19-4)20-5/h11H,6-10H2,1-5H3. The van der Waals surface area contributed by atoms with E-state index in [1.807, 2.05) is 6.34 Å². The SMILES string of the molecule is CO[Si](CCC[N+]1=CN(C(C)(C)C(=O)[O-])CC1)(OC)OC. The molecule has 0 spiro atoms. The smallest absolute Gasteiger partial charge is 0.500 e. The summed E-state index contributed by atoms with van der Waals surface area (Å²) >= 11 is 0. The summed E-state index contributed by atoms with van der Waals surface area (Å²) in [5, 5.41) is 11.1. The molecule has 7 nitrogen and oxygen atoms in total. The number of carboxylic acids is 1. The first-order valence-corrected chi connectivity index (χ1v) is 8.97. The molecule has 0 atom stereocenters. The van der Waals surface area contributed by atoms with Crippen LogP contribution in [0.3, 0.4) is 0 Å². The number of carboxylic acid groups (broad SMARTS) is 1. The van der Waals surface area contributed by atoms with Gasteiger partial charge in [-0.15, -0.1) is 0 Å². The molecule has 0 aromatic carbocycles. The Hall–Kier alpha value is -0.963. The maximum absolute atomic E-state index is 11.1. The molecule has 0 bridgehead atoms. The summed E-state index contributed by atoms with van der Waals surface area (Å²) in [4.78, 5) is 12.9. The molecule has 0 fully saturated rings. The minimum Gasteiger partial charge on any atom is -0.545 e. The van der Waals surface area contributed by atoms with E-state index in [0.29, 0.717) is 6.54 Å². The lowest BCUT2D eigenvalue weighted by Crippen LogP contribution is -2.55. The molecule has 0 saturated carbocycles. The molecule has 0 unspecified atom stereocenters. The lowest BCUT2D eigenvalue weighted by atomic mass is 10.0. The molecule has 0 aromatic heterocycles. The van der Waals surface area contributed by atoms with E-state index in [-0.39, 0.29) is 0 Å². The van der Waals surface area contributed by atoms with E-state index in [9.17, 15) is 9.90 Å². The van der Waals surface area contributed by atoms with Gasteiger partial charge in [-0.25, -0.2) is 0 Å². The van der Waals surface area contributed by atoms with Crippen molar-refractivity contribution in [3.63, 3.8) is 0 Å². The van der Waals surface area contributed by atoms with Crippen molar-refractivity contribution in [3.05, 3.63) is 0 Å². The van der Waals surface area contributed by atoms with E-state index < -0.39 is 20.3 Å². The van der Waals surface area contributed by atoms with E-state index in [2.05, 4.69) is 4.58 Å². The van der Waals surface area contributed by atoms with Gasteiger partial charge < -0.3 is 23.2 Å². The van der Waals surface area contributed by atoms with Gasteiger partial charge in [-0.05, 0) is 20.3 Å². The maximum atomic E-state index is 11.1. The molecule has 0 aromatic rings. The molecule has 0 N–H and O–H groups in total. The van der Waals surface area contributed by atoms with Crippen molar-refractivity contribution in [3.8, 4) is 0 Å². The third-order valence-corrected chi connectivity index (χ3v) is 6.84. The zero-order valence-corrected chi connectivity index (χ0v) is 14.5. The highest BCUT2D eigenvalue weighted by Crippen LogP contribution is 2.17. The second-order valence-corrected chi connectivity index (χ2v) is 8.68. The number of carbonyl (C=O) groups excluding carboxylic acids is 1. The summed E-state index contributed by atoms with van der Waals surface area (Å²) in [7, 11) is 2.29. The Labute approximate surface area is 127 Å². The monoisotopic (exact) mass is 318 g/mol. The minimum atomic E-state index is -2.52. The number of hydrogen-bond donors (Lipinski definition) is 0. The third-order valence-electron chi connectivity index (χ3n) is 4.01. The normalized spacial score (nSPS) is 16.2. The van der Waals surface area contributed by atoms with Crippen molar-refractivity contribution in [1.29, 1.82) is 0 Å². The molecule has 122 valence electrons. The van der Waals surface area contributed by atoms with Crippen LogP contribution in [0.25, 0.3) is 0 Å². The summed E-state index contributed by atoms with van der Waals surface area (Å²) in [6, 6.07) is 0.727. The van der Waals surface area contributed by atoms with E-state index in [4.69, 9.17) is 13.3 Å². The maximum Gasteiger partial charge on any atom is 0.500 e. The first-order chi connectivity index (χ1) is 9.81. The number of rotatable bonds is 9. The van der Waals surface area contributed by atoms with Gasteiger partial charge in [-0.1, -0.05) is 0 Å². The highest BCUT2D eigenvalue weighted by atomic mass is 28.4. The second kappa shape index (κ2) is 7.35. The van der Waals surface area contributed by atoms with Crippen molar-refractivity contribution in [2.45, 2.75) is 31.9 Å². The van der Waals surface area contributed by atoms with Gasteiger partial charge in [-0.2, -0.15) is 0 Å². The van der Waals surface area contributed by atoms with Crippen LogP contribution in [0.5, 0.6) is 0 Å². The molecule has 1 rings (SSSR count). The number of hydrogen-bond acceptors (Lipinski definition) is 6. The molecule has 1 aliphatic heterocycles. The Morgan fingerprint density at radius 3 is 2.38 bits per heavy atom. The summed E-state index contributed by atoms with van der Waals surface area (Å²) in [5.74, 6) is -1.06. The van der Waals surface area contributed by atoms with E-state index in [1.54, 1.807) is 40.1 Å². The topological polar surface area (TPSA) is 74.1 Å². The average molecular weight is 318 g/mol. The van der Waals surface area contributed by atoms with Crippen LogP contribution < -0.4 is 5.11 Å². The molecule has 0 saturated heterocycles. The zero-order valence-electron chi connectivity index (χ0n) is 13.5. The lowest BCUT2D eigenvalue weighted by Gasteiger charge is -2.29. The van der Waals surface area contributed by atoms with Gasteiger partial charge in [0.25, 0.3) is 0 Å². The predicted molar refractivity (Wildman–Crippen MR) is 78.1 cm³/mol. The number of aliphatic carboxylic acids is 1. The highest BCUT2D eigenvalue weighted by Gasteiger charge is 2.38. The van der Waals surface area contributed by atoms with Crippen LogP contribution in [0, 0.1) is 0 Å². The van der Waals surface area contributed by atoms with Crippen LogP contribution in [0.1, 0.15) is 20.3 Å². The zero-order chi connectivity index (χ0) is 16.1. The predicted octanol–water partition coefficient (Wildman–Crippen LogP) is -0.860. The molecular weight excluding hydrogens is 292 g/mol. The fourth-order valence-corrected chi connectivity index (χ4v) is 4.02. The minimum absolute atomic E-state index is 0.683. The molecule has 0 amide bonds. The van der Waals surface area contributed by atoms with Gasteiger partial charge in [-0.3, -0.25) is 9.48 Å². The Bertz CT molecular complexity index is 388. The largest absolute Gasteiger partial charge is 0.545 e. The van der Waals surface area contributed by atoms with Crippen LogP contribution in [-0.4, -0.2) is 77.1 Å².